The van der Waals surface area contributed by atoms with Crippen LogP contribution in [0, 0.1) is 40.4 Å². The van der Waals surface area contributed by atoms with Crippen LogP contribution in [0.25, 0.3) is 0 Å². The molecule has 0 rings (SSSR count). The second-order valence-electron chi connectivity index (χ2n) is 25.4. The molecule has 14 heteroatoms. The fourth-order valence-electron chi connectivity index (χ4n) is 9.76. The van der Waals surface area contributed by atoms with E-state index in [9.17, 15) is 0 Å². The summed E-state index contributed by atoms with van der Waals surface area (Å²) in [6, 6.07) is 0. The Labute approximate surface area is 520 Å². The highest BCUT2D eigenvalue weighted by Gasteiger charge is 2.37. The van der Waals surface area contributed by atoms with Gasteiger partial charge >= 0.3 is 0 Å². The molecule has 6 unspecified atom stereocenters. The Morgan fingerprint density at radius 1 is 0.214 bits per heavy atom. The molecule has 0 bridgehead atoms. The lowest BCUT2D eigenvalue weighted by molar-refractivity contribution is -0.150. The molecule has 0 spiro atoms. The molecule has 0 saturated carbocycles. The zero-order chi connectivity index (χ0) is 61.6. The topological polar surface area (TPSA) is 129 Å². The molecule has 0 radical (unpaired) electrons. The highest BCUT2D eigenvalue weighted by atomic mass is 16.6. The predicted octanol–water partition coefficient (Wildman–Crippen LogP) is 15.9. The standard InChI is InChI=1S/C70H142O14/c1-12-18-22-25-28-67(11)34-40-75-47-53-81-59-70(57-79-51-45-72-37-31-64(7)8,61-83-55-49-77-43-42-74-39-33-66(10)27-21-15-4)63-84-62-69(56-78-50-44-71-36-16-5,58-80-52-46-73-38-32-65(9)17-6)60-82-54-48-76-41-35-68(29-24-20-14-3)30-26-23-19-13-2/h64-68H,12-63H2,1-11H3. The molecule has 6 atom stereocenters. The van der Waals surface area contributed by atoms with Crippen LogP contribution in [0.4, 0.5) is 0 Å². The monoisotopic (exact) mass is 1210 g/mol. The van der Waals surface area contributed by atoms with Crippen molar-refractivity contribution in [3.8, 4) is 0 Å². The van der Waals surface area contributed by atoms with Crippen LogP contribution >= 0.6 is 0 Å². The van der Waals surface area contributed by atoms with Crippen LogP contribution in [0.5, 0.6) is 0 Å². The Morgan fingerprint density at radius 2 is 0.500 bits per heavy atom. The summed E-state index contributed by atoms with van der Waals surface area (Å²) in [5, 5.41) is 0. The van der Waals surface area contributed by atoms with Crippen molar-refractivity contribution in [2.75, 3.05) is 185 Å². The van der Waals surface area contributed by atoms with E-state index in [0.29, 0.717) is 182 Å². The Balaban J connectivity index is 6.50. The van der Waals surface area contributed by atoms with E-state index in [1.54, 1.807) is 0 Å². The molecular weight excluding hydrogens is 1060 g/mol. The van der Waals surface area contributed by atoms with Gasteiger partial charge in [-0.3, -0.25) is 0 Å². The van der Waals surface area contributed by atoms with Gasteiger partial charge in [0.1, 0.15) is 0 Å². The molecule has 0 aliphatic rings. The van der Waals surface area contributed by atoms with E-state index < -0.39 is 10.8 Å². The van der Waals surface area contributed by atoms with Crippen LogP contribution in [0.15, 0.2) is 0 Å². The van der Waals surface area contributed by atoms with Crippen LogP contribution in [0.3, 0.4) is 0 Å². The van der Waals surface area contributed by atoms with Crippen molar-refractivity contribution in [1.29, 1.82) is 0 Å². The summed E-state index contributed by atoms with van der Waals surface area (Å²) in [5.74, 6) is 3.25. The summed E-state index contributed by atoms with van der Waals surface area (Å²) in [7, 11) is 0. The minimum Gasteiger partial charge on any atom is -0.380 e. The smallest absolute Gasteiger partial charge is 0.0701 e. The summed E-state index contributed by atoms with van der Waals surface area (Å²) < 4.78 is 88.4. The molecule has 84 heavy (non-hydrogen) atoms. The Kier molecular flexibility index (Phi) is 63.6. The molecule has 0 aromatic rings. The Hall–Kier alpha value is -0.560. The summed E-state index contributed by atoms with van der Waals surface area (Å²) in [4.78, 5) is 0. The van der Waals surface area contributed by atoms with E-state index in [1.807, 2.05) is 0 Å². The number of rotatable bonds is 72. The first-order valence-corrected chi connectivity index (χ1v) is 35.1. The normalized spacial score (nSPS) is 15.0. The van der Waals surface area contributed by atoms with Crippen molar-refractivity contribution in [3.63, 3.8) is 0 Å². The Bertz CT molecular complexity index is 1270. The van der Waals surface area contributed by atoms with E-state index in [2.05, 4.69) is 76.2 Å². The fourth-order valence-corrected chi connectivity index (χ4v) is 9.76. The van der Waals surface area contributed by atoms with Crippen LogP contribution in [-0.2, 0) is 66.3 Å². The van der Waals surface area contributed by atoms with Crippen LogP contribution < -0.4 is 0 Å². The zero-order valence-corrected chi connectivity index (χ0v) is 57.4. The third-order valence-corrected chi connectivity index (χ3v) is 16.0. The van der Waals surface area contributed by atoms with Gasteiger partial charge in [-0.05, 0) is 68.1 Å². The van der Waals surface area contributed by atoms with Crippen LogP contribution in [0.2, 0.25) is 0 Å². The molecule has 0 aromatic heterocycles. The van der Waals surface area contributed by atoms with E-state index in [1.165, 1.54) is 109 Å². The predicted molar refractivity (Wildman–Crippen MR) is 347 cm³/mol. The van der Waals surface area contributed by atoms with Crippen LogP contribution in [-0.4, -0.2) is 185 Å². The van der Waals surface area contributed by atoms with Crippen molar-refractivity contribution >= 4 is 0 Å². The molecule has 0 aromatic carbocycles. The van der Waals surface area contributed by atoms with Gasteiger partial charge in [0.05, 0.1) is 156 Å². The third kappa shape index (κ3) is 55.5. The number of hydrogen-bond donors (Lipinski definition) is 0. The molecule has 0 aliphatic heterocycles. The minimum atomic E-state index is -0.674. The van der Waals surface area contributed by atoms with Gasteiger partial charge < -0.3 is 66.3 Å². The lowest BCUT2D eigenvalue weighted by Gasteiger charge is -2.37. The van der Waals surface area contributed by atoms with Crippen molar-refractivity contribution in [3.05, 3.63) is 0 Å². The Morgan fingerprint density at radius 3 is 0.869 bits per heavy atom. The molecular formula is C70H142O14. The quantitative estimate of drug-likeness (QED) is 0.0536. The first-order chi connectivity index (χ1) is 41.0. The highest BCUT2D eigenvalue weighted by molar-refractivity contribution is 4.83. The highest BCUT2D eigenvalue weighted by Crippen LogP contribution is 2.27. The lowest BCUT2D eigenvalue weighted by Crippen LogP contribution is -2.46. The van der Waals surface area contributed by atoms with Gasteiger partial charge in [-0.1, -0.05) is 192 Å². The lowest BCUT2D eigenvalue weighted by atomic mass is 9.90. The molecule has 0 N–H and O–H groups in total. The van der Waals surface area contributed by atoms with Crippen molar-refractivity contribution in [2.24, 2.45) is 40.4 Å². The van der Waals surface area contributed by atoms with Crippen molar-refractivity contribution in [1.82, 2.24) is 0 Å². The first-order valence-electron chi connectivity index (χ1n) is 35.1. The SMILES string of the molecule is CCCCCCC(C)CCOCCOCC(COCCOCCOCCC(C)CCCC)(COCCOCCC(C)C)COCC(COCCOCCC)(COCCOCCC(C)CC)COCCOCCC(CCCCC)CCCCCC. The fraction of sp³-hybridized carbons (Fsp3) is 1.00. The summed E-state index contributed by atoms with van der Waals surface area (Å²) in [6.45, 7) is 38.6. The van der Waals surface area contributed by atoms with Gasteiger partial charge in [0.25, 0.3) is 0 Å². The summed E-state index contributed by atoms with van der Waals surface area (Å²) in [5.41, 5.74) is -1.33. The van der Waals surface area contributed by atoms with Gasteiger partial charge in [0.2, 0.25) is 0 Å². The summed E-state index contributed by atoms with van der Waals surface area (Å²) in [6.07, 6.45) is 29.3. The maximum atomic E-state index is 6.98. The third-order valence-electron chi connectivity index (χ3n) is 16.0. The van der Waals surface area contributed by atoms with Gasteiger partial charge in [-0.2, -0.15) is 0 Å². The second kappa shape index (κ2) is 64.0. The number of hydrogen-bond acceptors (Lipinski definition) is 14. The first kappa shape index (κ1) is 83.4. The zero-order valence-electron chi connectivity index (χ0n) is 57.4. The number of ether oxygens (including phenoxy) is 14. The van der Waals surface area contributed by atoms with Gasteiger partial charge in [0.15, 0.2) is 0 Å². The van der Waals surface area contributed by atoms with E-state index in [4.69, 9.17) is 66.3 Å². The maximum absolute atomic E-state index is 6.98. The van der Waals surface area contributed by atoms with Gasteiger partial charge in [-0.25, -0.2) is 0 Å². The summed E-state index contributed by atoms with van der Waals surface area (Å²) >= 11 is 0. The largest absolute Gasteiger partial charge is 0.380 e. The van der Waals surface area contributed by atoms with Crippen molar-refractivity contribution in [2.45, 2.75) is 230 Å². The molecule has 506 valence electrons. The van der Waals surface area contributed by atoms with Gasteiger partial charge in [0, 0.05) is 39.6 Å². The maximum Gasteiger partial charge on any atom is 0.0701 e. The second-order valence-corrected chi connectivity index (χ2v) is 25.4. The molecule has 0 amide bonds. The van der Waals surface area contributed by atoms with Crippen LogP contribution in [0.1, 0.15) is 230 Å². The minimum absolute atomic E-state index is 0.296. The average Bonchev–Trinajstić information content (AvgIpc) is 3.52. The molecule has 0 aliphatic carbocycles. The average molecular weight is 1210 g/mol. The molecule has 0 heterocycles. The van der Waals surface area contributed by atoms with E-state index >= 15 is 0 Å². The molecule has 0 fully saturated rings. The molecule has 14 nitrogen and oxygen atoms in total. The van der Waals surface area contributed by atoms with Gasteiger partial charge in [-0.15, -0.1) is 0 Å². The number of unbranched alkanes of at least 4 members (excludes halogenated alkanes) is 9. The van der Waals surface area contributed by atoms with Crippen molar-refractivity contribution < 1.29 is 66.3 Å². The van der Waals surface area contributed by atoms with E-state index in [0.717, 1.165) is 77.3 Å². The molecule has 0 saturated heterocycles. The van der Waals surface area contributed by atoms with E-state index in [-0.39, 0.29) is 0 Å².